The molecule has 0 bridgehead atoms. The summed E-state index contributed by atoms with van der Waals surface area (Å²) in [5, 5.41) is 1.51. The third kappa shape index (κ3) is 5.28. The van der Waals surface area contributed by atoms with Gasteiger partial charge in [0.1, 0.15) is 10.8 Å². The van der Waals surface area contributed by atoms with Crippen LogP contribution in [0.5, 0.6) is 5.75 Å². The molecular weight excluding hydrogens is 586 g/mol. The number of halogens is 4. The number of fused-ring (bicyclic) bond motifs is 1. The number of hydrogen-bond acceptors (Lipinski definition) is 4. The van der Waals surface area contributed by atoms with Gasteiger partial charge in [-0.05, 0) is 88.5 Å². The molecule has 172 valence electrons. The molecule has 4 aromatic rings. The molecule has 0 aliphatic rings. The topological polar surface area (TPSA) is 46.6 Å². The number of benzene rings is 3. The second kappa shape index (κ2) is 9.15. The zero-order valence-corrected chi connectivity index (χ0v) is 20.9. The Hall–Kier alpha value is -2.31. The second-order valence-corrected chi connectivity index (χ2v) is 11.3. The summed E-state index contributed by atoms with van der Waals surface area (Å²) in [6, 6.07) is 19.4. The van der Waals surface area contributed by atoms with Gasteiger partial charge in [0.2, 0.25) is 0 Å². The van der Waals surface area contributed by atoms with Crippen molar-refractivity contribution in [3.8, 4) is 5.75 Å². The van der Waals surface area contributed by atoms with E-state index in [1.54, 1.807) is 24.3 Å². The van der Waals surface area contributed by atoms with Gasteiger partial charge in [0.25, 0.3) is 10.0 Å². The van der Waals surface area contributed by atoms with Gasteiger partial charge in [0.05, 0.1) is 11.4 Å². The molecule has 0 saturated heterocycles. The van der Waals surface area contributed by atoms with Gasteiger partial charge in [0, 0.05) is 8.27 Å². The average Bonchev–Trinajstić information content (AvgIpc) is 3.08. The first-order valence-electron chi connectivity index (χ1n) is 9.66. The lowest BCUT2D eigenvalue weighted by molar-refractivity contribution is -0.274. The molecule has 4 nitrogen and oxygen atoms in total. The highest BCUT2D eigenvalue weighted by Crippen LogP contribution is 2.40. The molecule has 1 aromatic heterocycles. The fourth-order valence-corrected chi connectivity index (χ4v) is 6.65. The molecule has 0 spiro atoms. The predicted octanol–water partition coefficient (Wildman–Crippen LogP) is 7.11. The maximum atomic E-state index is 13.7. The van der Waals surface area contributed by atoms with Crippen LogP contribution in [0.3, 0.4) is 0 Å². The monoisotopic (exact) mass is 603 g/mol. The van der Waals surface area contributed by atoms with Crippen molar-refractivity contribution in [1.29, 1.82) is 0 Å². The Morgan fingerprint density at radius 3 is 2.21 bits per heavy atom. The Bertz CT molecular complexity index is 1380. The van der Waals surface area contributed by atoms with Crippen molar-refractivity contribution in [2.75, 3.05) is 4.31 Å². The van der Waals surface area contributed by atoms with E-state index in [1.807, 2.05) is 31.2 Å². The molecule has 0 atom stereocenters. The van der Waals surface area contributed by atoms with Crippen LogP contribution in [0, 0.1) is 10.5 Å². The zero-order chi connectivity index (χ0) is 23.8. The van der Waals surface area contributed by atoms with E-state index in [0.29, 0.717) is 10.6 Å². The molecule has 0 unspecified atom stereocenters. The normalized spacial score (nSPS) is 12.2. The number of hydrogen-bond donors (Lipinski definition) is 0. The van der Waals surface area contributed by atoms with Gasteiger partial charge in [-0.25, -0.2) is 8.42 Å². The highest BCUT2D eigenvalue weighted by Gasteiger charge is 2.31. The van der Waals surface area contributed by atoms with Gasteiger partial charge >= 0.3 is 6.36 Å². The minimum Gasteiger partial charge on any atom is -0.406 e. The summed E-state index contributed by atoms with van der Waals surface area (Å²) in [7, 11) is -3.95. The molecule has 4 rings (SSSR count). The molecule has 3 aromatic carbocycles. The lowest BCUT2D eigenvalue weighted by atomic mass is 10.2. The van der Waals surface area contributed by atoms with E-state index in [1.165, 1.54) is 39.9 Å². The minimum atomic E-state index is -4.80. The first-order valence-corrected chi connectivity index (χ1v) is 13.0. The van der Waals surface area contributed by atoms with Gasteiger partial charge in [0.15, 0.2) is 0 Å². The number of rotatable bonds is 6. The molecule has 0 N–H and O–H groups in total. The number of sulfonamides is 1. The summed E-state index contributed by atoms with van der Waals surface area (Å²) in [4.78, 5) is 0.136. The Labute approximate surface area is 206 Å². The average molecular weight is 603 g/mol. The van der Waals surface area contributed by atoms with E-state index >= 15 is 0 Å². The van der Waals surface area contributed by atoms with Crippen LogP contribution in [0.4, 0.5) is 18.2 Å². The van der Waals surface area contributed by atoms with Gasteiger partial charge in [-0.3, -0.25) is 4.31 Å². The summed E-state index contributed by atoms with van der Waals surface area (Å²) in [6.45, 7) is 1.82. The SMILES string of the molecule is Cc1c(N(Cc2ccc(OC(F)(F)F)cc2)S(=O)(=O)c2ccc(I)cc2)sc2ccccc12. The molecule has 0 aliphatic heterocycles. The number of nitrogens with zero attached hydrogens (tertiary/aromatic N) is 1. The van der Waals surface area contributed by atoms with Crippen LogP contribution in [0.15, 0.2) is 77.7 Å². The number of ether oxygens (including phenoxy) is 1. The third-order valence-electron chi connectivity index (χ3n) is 4.93. The summed E-state index contributed by atoms with van der Waals surface area (Å²) in [6.07, 6.45) is -4.80. The Balaban J connectivity index is 1.77. The van der Waals surface area contributed by atoms with Crippen LogP contribution < -0.4 is 9.04 Å². The molecular formula is C23H17F3INO3S2. The van der Waals surface area contributed by atoms with Crippen LogP contribution in [0.1, 0.15) is 11.1 Å². The number of alkyl halides is 3. The van der Waals surface area contributed by atoms with E-state index < -0.39 is 16.4 Å². The fraction of sp³-hybridized carbons (Fsp3) is 0.130. The Kier molecular flexibility index (Phi) is 6.61. The fourth-order valence-electron chi connectivity index (χ4n) is 3.36. The van der Waals surface area contributed by atoms with Crippen LogP contribution in [0.2, 0.25) is 0 Å². The lowest BCUT2D eigenvalue weighted by Crippen LogP contribution is -2.30. The van der Waals surface area contributed by atoms with Crippen molar-refractivity contribution in [3.05, 3.63) is 87.5 Å². The van der Waals surface area contributed by atoms with E-state index in [2.05, 4.69) is 27.3 Å². The Morgan fingerprint density at radius 1 is 0.970 bits per heavy atom. The summed E-state index contributed by atoms with van der Waals surface area (Å²) in [5.41, 5.74) is 1.34. The van der Waals surface area contributed by atoms with Crippen molar-refractivity contribution in [1.82, 2.24) is 0 Å². The highest BCUT2D eigenvalue weighted by molar-refractivity contribution is 14.1. The summed E-state index contributed by atoms with van der Waals surface area (Å²) >= 11 is 3.46. The molecule has 33 heavy (non-hydrogen) atoms. The molecule has 0 aliphatic carbocycles. The van der Waals surface area contributed by atoms with Crippen LogP contribution in [-0.4, -0.2) is 14.8 Å². The van der Waals surface area contributed by atoms with E-state index in [4.69, 9.17) is 0 Å². The van der Waals surface area contributed by atoms with Crippen LogP contribution in [-0.2, 0) is 16.6 Å². The molecule has 0 saturated carbocycles. The first-order chi connectivity index (χ1) is 15.5. The highest BCUT2D eigenvalue weighted by atomic mass is 127. The predicted molar refractivity (Wildman–Crippen MR) is 132 cm³/mol. The molecule has 10 heteroatoms. The summed E-state index contributed by atoms with van der Waals surface area (Å²) < 4.78 is 71.9. The van der Waals surface area contributed by atoms with Crippen molar-refractivity contribution < 1.29 is 26.3 Å². The van der Waals surface area contributed by atoms with Crippen molar-refractivity contribution in [3.63, 3.8) is 0 Å². The number of anilines is 1. The van der Waals surface area contributed by atoms with E-state index in [-0.39, 0.29) is 17.2 Å². The maximum Gasteiger partial charge on any atom is 0.573 e. The minimum absolute atomic E-state index is 0.0473. The molecule has 1 heterocycles. The van der Waals surface area contributed by atoms with Crippen LogP contribution >= 0.6 is 33.9 Å². The van der Waals surface area contributed by atoms with Gasteiger partial charge in [-0.2, -0.15) is 0 Å². The van der Waals surface area contributed by atoms with Gasteiger partial charge < -0.3 is 4.74 Å². The van der Waals surface area contributed by atoms with Gasteiger partial charge in [-0.1, -0.05) is 30.3 Å². The standard InChI is InChI=1S/C23H17F3INO3S2/c1-15-20-4-2-3-5-21(20)32-22(15)28(33(29,30)19-12-8-17(27)9-13-19)14-16-6-10-18(11-7-16)31-23(24,25)26/h2-13H,14H2,1H3. The van der Waals surface area contributed by atoms with E-state index in [9.17, 15) is 21.6 Å². The maximum absolute atomic E-state index is 13.7. The van der Waals surface area contributed by atoms with Gasteiger partial charge in [-0.15, -0.1) is 24.5 Å². The second-order valence-electron chi connectivity index (χ2n) is 7.19. The summed E-state index contributed by atoms with van der Waals surface area (Å²) in [5.74, 6) is -0.365. The van der Waals surface area contributed by atoms with Crippen LogP contribution in [0.25, 0.3) is 10.1 Å². The number of aryl methyl sites for hydroxylation is 1. The molecule has 0 radical (unpaired) electrons. The number of thiophene rings is 1. The van der Waals surface area contributed by atoms with E-state index in [0.717, 1.165) is 19.2 Å². The Morgan fingerprint density at radius 2 is 1.61 bits per heavy atom. The van der Waals surface area contributed by atoms with Crippen molar-refractivity contribution in [2.45, 2.75) is 24.7 Å². The quantitative estimate of drug-likeness (QED) is 0.221. The third-order valence-corrected chi connectivity index (χ3v) is 8.82. The lowest BCUT2D eigenvalue weighted by Gasteiger charge is -2.24. The van der Waals surface area contributed by atoms with Crippen molar-refractivity contribution in [2.24, 2.45) is 0 Å². The first kappa shape index (κ1) is 23.8. The zero-order valence-electron chi connectivity index (χ0n) is 17.1. The molecule has 0 fully saturated rings. The smallest absolute Gasteiger partial charge is 0.406 e. The molecule has 0 amide bonds. The van der Waals surface area contributed by atoms with Crippen molar-refractivity contribution >= 4 is 59.0 Å². The largest absolute Gasteiger partial charge is 0.573 e.